The Morgan fingerprint density at radius 3 is 2.14 bits per heavy atom. The Morgan fingerprint density at radius 1 is 1.18 bits per heavy atom. The largest absolute Gasteiger partial charge is 0.290 e. The van der Waals surface area contributed by atoms with Crippen LogP contribution in [0.5, 0.6) is 0 Å². The summed E-state index contributed by atoms with van der Waals surface area (Å²) in [5, 5.41) is 19.6. The van der Waals surface area contributed by atoms with Crippen LogP contribution in [-0.2, 0) is 15.8 Å². The smallest absolute Gasteiger partial charge is 0.282 e. The highest BCUT2D eigenvalue weighted by Gasteiger charge is 2.40. The Balaban J connectivity index is 2.29. The molecule has 22 heavy (non-hydrogen) atoms. The van der Waals surface area contributed by atoms with Gasteiger partial charge in [-0.25, -0.2) is 9.36 Å². The van der Waals surface area contributed by atoms with Crippen molar-refractivity contribution in [2.24, 2.45) is 0 Å². The molecule has 3 N–H and O–H groups in total. The Kier molecular flexibility index (Phi) is 3.39. The van der Waals surface area contributed by atoms with Crippen molar-refractivity contribution in [2.45, 2.75) is 12.1 Å². The van der Waals surface area contributed by atoms with Gasteiger partial charge in [-0.3, -0.25) is 4.55 Å². The zero-order chi connectivity index (χ0) is 16.0. The minimum absolute atomic E-state index is 0.0535. The van der Waals surface area contributed by atoms with Gasteiger partial charge in [0.05, 0.1) is 4.91 Å². The van der Waals surface area contributed by atoms with Crippen LogP contribution in [-0.4, -0.2) is 53.4 Å². The van der Waals surface area contributed by atoms with Crippen LogP contribution in [0.4, 0.5) is 0 Å². The number of nitrogens with zero attached hydrogens (tertiary/aromatic N) is 6. The number of hydrogen-bond acceptors (Lipinski definition) is 8. The standard InChI is InChI=1S/C8H8N8O3S3/c17-22(18,19)5-2-1-3-8(4-5,15-6(20)9-11-13-15)16-7(21)10-12-14-16/h1-3H,4H2,(H,9,13,20)(H,10,14,21)(H,17,18,19). The van der Waals surface area contributed by atoms with Gasteiger partial charge >= 0.3 is 0 Å². The number of H-pyrrole nitrogens is 2. The molecule has 0 amide bonds. The van der Waals surface area contributed by atoms with Gasteiger partial charge in [-0.05, 0) is 36.6 Å². The average Bonchev–Trinajstić information content (AvgIpc) is 3.07. The minimum atomic E-state index is -4.40. The van der Waals surface area contributed by atoms with Crippen LogP contribution in [0.1, 0.15) is 6.42 Å². The zero-order valence-corrected chi connectivity index (χ0v) is 13.1. The molecule has 0 spiro atoms. The molecule has 0 aliphatic heterocycles. The van der Waals surface area contributed by atoms with E-state index in [1.165, 1.54) is 21.5 Å². The van der Waals surface area contributed by atoms with Crippen LogP contribution < -0.4 is 0 Å². The third-order valence-corrected chi connectivity index (χ3v) is 4.60. The highest BCUT2D eigenvalue weighted by atomic mass is 32.2. The predicted molar refractivity (Wildman–Crippen MR) is 77.2 cm³/mol. The van der Waals surface area contributed by atoms with Gasteiger partial charge in [0.2, 0.25) is 9.54 Å². The van der Waals surface area contributed by atoms with E-state index < -0.39 is 15.8 Å². The summed E-state index contributed by atoms with van der Waals surface area (Å²) in [7, 11) is -4.40. The first-order valence-corrected chi connectivity index (χ1v) is 7.97. The van der Waals surface area contributed by atoms with Crippen molar-refractivity contribution in [1.82, 2.24) is 40.4 Å². The van der Waals surface area contributed by atoms with Gasteiger partial charge in [-0.1, -0.05) is 26.7 Å². The lowest BCUT2D eigenvalue weighted by Crippen LogP contribution is -2.43. The summed E-state index contributed by atoms with van der Waals surface area (Å²) in [5.74, 6) is 0. The highest BCUT2D eigenvalue weighted by Crippen LogP contribution is 2.33. The second-order valence-corrected chi connectivity index (χ2v) is 6.56. The van der Waals surface area contributed by atoms with E-state index >= 15 is 0 Å². The fourth-order valence-electron chi connectivity index (χ4n) is 2.17. The molecule has 0 radical (unpaired) electrons. The molecule has 0 saturated carbocycles. The normalized spacial score (nSPS) is 17.4. The summed E-state index contributed by atoms with van der Waals surface area (Å²) in [4.78, 5) is -0.233. The van der Waals surface area contributed by atoms with E-state index in [0.29, 0.717) is 0 Å². The van der Waals surface area contributed by atoms with Gasteiger partial charge in [0, 0.05) is 6.42 Å². The van der Waals surface area contributed by atoms with Crippen molar-refractivity contribution < 1.29 is 13.0 Å². The van der Waals surface area contributed by atoms with Gasteiger partial charge in [0.25, 0.3) is 10.1 Å². The van der Waals surface area contributed by atoms with Gasteiger partial charge < -0.3 is 0 Å². The second-order valence-electron chi connectivity index (χ2n) is 4.36. The first kappa shape index (κ1) is 14.9. The Hall–Kier alpha value is -2.03. The molecule has 0 fully saturated rings. The van der Waals surface area contributed by atoms with Crippen LogP contribution >= 0.6 is 24.4 Å². The predicted octanol–water partition coefficient (Wildman–Crippen LogP) is -0.0825. The van der Waals surface area contributed by atoms with Crippen molar-refractivity contribution >= 4 is 34.6 Å². The summed E-state index contributed by atoms with van der Waals surface area (Å²) >= 11 is 10.2. The van der Waals surface area contributed by atoms with Crippen molar-refractivity contribution in [3.63, 3.8) is 0 Å². The van der Waals surface area contributed by atoms with E-state index in [0.717, 1.165) is 0 Å². The number of tetrazole rings is 2. The van der Waals surface area contributed by atoms with Crippen molar-refractivity contribution in [2.75, 3.05) is 0 Å². The number of rotatable bonds is 3. The highest BCUT2D eigenvalue weighted by molar-refractivity contribution is 7.89. The summed E-state index contributed by atoms with van der Waals surface area (Å²) in [6.45, 7) is 0. The maximum absolute atomic E-state index is 11.5. The quantitative estimate of drug-likeness (QED) is 0.505. The number of hydrogen-bond donors (Lipinski definition) is 3. The molecule has 116 valence electrons. The second kappa shape index (κ2) is 5.01. The Morgan fingerprint density at radius 2 is 1.73 bits per heavy atom. The van der Waals surface area contributed by atoms with Crippen molar-refractivity contribution in [1.29, 1.82) is 0 Å². The molecule has 0 atom stereocenters. The molecule has 3 rings (SSSR count). The van der Waals surface area contributed by atoms with Crippen molar-refractivity contribution in [3.8, 4) is 0 Å². The molecule has 0 saturated heterocycles. The Labute approximate surface area is 133 Å². The van der Waals surface area contributed by atoms with Gasteiger partial charge in [0.15, 0.2) is 5.66 Å². The lowest BCUT2D eigenvalue weighted by molar-refractivity contribution is 0.231. The summed E-state index contributed by atoms with van der Waals surface area (Å²) in [5.41, 5.74) is -1.29. The fraction of sp³-hybridized carbons (Fsp3) is 0.250. The molecule has 0 bridgehead atoms. The molecular weight excluding hydrogens is 352 g/mol. The summed E-state index contributed by atoms with van der Waals surface area (Å²) < 4.78 is 35.0. The minimum Gasteiger partial charge on any atom is -0.282 e. The molecule has 1 aliphatic carbocycles. The molecule has 2 aromatic rings. The van der Waals surface area contributed by atoms with E-state index in [9.17, 15) is 13.0 Å². The summed E-state index contributed by atoms with van der Waals surface area (Å²) in [6.07, 6.45) is 4.12. The lowest BCUT2D eigenvalue weighted by Gasteiger charge is -2.32. The van der Waals surface area contributed by atoms with Crippen LogP contribution in [0, 0.1) is 9.54 Å². The van der Waals surface area contributed by atoms with E-state index in [2.05, 4.69) is 31.1 Å². The summed E-state index contributed by atoms with van der Waals surface area (Å²) in [6, 6.07) is 0. The number of aromatic nitrogens is 8. The number of nitrogens with one attached hydrogen (secondary N) is 2. The van der Waals surface area contributed by atoms with Crippen LogP contribution in [0.15, 0.2) is 23.1 Å². The zero-order valence-electron chi connectivity index (χ0n) is 10.6. The van der Waals surface area contributed by atoms with E-state index in [1.807, 2.05) is 0 Å². The third-order valence-electron chi connectivity index (χ3n) is 3.13. The van der Waals surface area contributed by atoms with Gasteiger partial charge in [-0.15, -0.1) is 0 Å². The molecular formula is C8H8N8O3S3. The number of allylic oxidation sites excluding steroid dienone is 4. The molecule has 2 heterocycles. The first-order chi connectivity index (χ1) is 10.3. The maximum atomic E-state index is 11.5. The number of aromatic amines is 2. The van der Waals surface area contributed by atoms with Crippen molar-refractivity contribution in [3.05, 3.63) is 32.7 Å². The average molecular weight is 360 g/mol. The van der Waals surface area contributed by atoms with E-state index in [-0.39, 0.29) is 20.9 Å². The molecule has 0 aromatic carbocycles. The van der Waals surface area contributed by atoms with Crippen LogP contribution in [0.25, 0.3) is 0 Å². The SMILES string of the molecule is O=S(=O)(O)C1=CC=CC(n2[nH]nnc2=S)(n2[nH]nnc2=S)C1. The molecule has 0 unspecified atom stereocenters. The molecule has 1 aliphatic rings. The lowest BCUT2D eigenvalue weighted by atomic mass is 10.0. The maximum Gasteiger partial charge on any atom is 0.290 e. The Bertz CT molecular complexity index is 942. The topological polar surface area (TPSA) is 147 Å². The molecule has 2 aromatic heterocycles. The fourth-order valence-corrected chi connectivity index (χ4v) is 3.29. The molecule has 11 nitrogen and oxygen atoms in total. The van der Waals surface area contributed by atoms with Crippen LogP contribution in [0.2, 0.25) is 0 Å². The van der Waals surface area contributed by atoms with E-state index in [1.54, 1.807) is 6.08 Å². The molecule has 14 heteroatoms. The van der Waals surface area contributed by atoms with Gasteiger partial charge in [-0.2, -0.15) is 18.8 Å². The van der Waals surface area contributed by atoms with Crippen LogP contribution in [0.3, 0.4) is 0 Å². The van der Waals surface area contributed by atoms with E-state index in [4.69, 9.17) is 24.4 Å². The monoisotopic (exact) mass is 360 g/mol. The van der Waals surface area contributed by atoms with Gasteiger partial charge in [0.1, 0.15) is 0 Å². The first-order valence-electron chi connectivity index (χ1n) is 5.72. The third kappa shape index (κ3) is 2.25.